The standard InChI is InChI=1S/C8H14O5/c1-4(10)6-5(11)7(12)8(2,3-9)13-6/h3-7,10-12H,1-2H3/t4-,5?,6-,7?,8+/m0/s1. The highest BCUT2D eigenvalue weighted by Crippen LogP contribution is 2.30. The number of hydrogen-bond donors (Lipinski definition) is 3. The number of ether oxygens (including phenoxy) is 1. The Morgan fingerprint density at radius 1 is 1.54 bits per heavy atom. The third kappa shape index (κ3) is 1.60. The van der Waals surface area contributed by atoms with Gasteiger partial charge in [0, 0.05) is 0 Å². The fraction of sp³-hybridized carbons (Fsp3) is 0.875. The zero-order valence-corrected chi connectivity index (χ0v) is 7.54. The van der Waals surface area contributed by atoms with Crippen LogP contribution in [0.3, 0.4) is 0 Å². The minimum atomic E-state index is -1.42. The Labute approximate surface area is 75.9 Å². The first-order chi connectivity index (χ1) is 5.92. The number of carbonyl (C=O) groups excluding carboxylic acids is 1. The molecular weight excluding hydrogens is 176 g/mol. The fourth-order valence-electron chi connectivity index (χ4n) is 1.43. The summed E-state index contributed by atoms with van der Waals surface area (Å²) in [5.41, 5.74) is -1.42. The van der Waals surface area contributed by atoms with Gasteiger partial charge in [-0.3, -0.25) is 0 Å². The maximum Gasteiger partial charge on any atom is 0.154 e. The first-order valence-electron chi connectivity index (χ1n) is 4.10. The average Bonchev–Trinajstić information content (AvgIpc) is 2.31. The van der Waals surface area contributed by atoms with E-state index in [1.807, 2.05) is 0 Å². The van der Waals surface area contributed by atoms with E-state index >= 15 is 0 Å². The van der Waals surface area contributed by atoms with Gasteiger partial charge >= 0.3 is 0 Å². The molecule has 5 nitrogen and oxygen atoms in total. The van der Waals surface area contributed by atoms with Gasteiger partial charge < -0.3 is 24.9 Å². The summed E-state index contributed by atoms with van der Waals surface area (Å²) >= 11 is 0. The monoisotopic (exact) mass is 190 g/mol. The van der Waals surface area contributed by atoms with Crippen molar-refractivity contribution in [2.75, 3.05) is 0 Å². The molecule has 2 unspecified atom stereocenters. The summed E-state index contributed by atoms with van der Waals surface area (Å²) in [6.07, 6.45) is -3.92. The lowest BCUT2D eigenvalue weighted by Crippen LogP contribution is -2.42. The molecule has 0 radical (unpaired) electrons. The molecule has 0 bridgehead atoms. The second-order valence-corrected chi connectivity index (χ2v) is 3.56. The van der Waals surface area contributed by atoms with Crippen LogP contribution >= 0.6 is 0 Å². The van der Waals surface area contributed by atoms with E-state index in [9.17, 15) is 15.0 Å². The summed E-state index contributed by atoms with van der Waals surface area (Å²) in [6.45, 7) is 2.80. The largest absolute Gasteiger partial charge is 0.391 e. The van der Waals surface area contributed by atoms with Crippen LogP contribution in [0, 0.1) is 0 Å². The molecule has 0 amide bonds. The highest BCUT2D eigenvalue weighted by Gasteiger charge is 2.52. The second-order valence-electron chi connectivity index (χ2n) is 3.56. The molecule has 5 heteroatoms. The molecule has 13 heavy (non-hydrogen) atoms. The average molecular weight is 190 g/mol. The van der Waals surface area contributed by atoms with Gasteiger partial charge in [-0.1, -0.05) is 0 Å². The van der Waals surface area contributed by atoms with Gasteiger partial charge in [0.1, 0.15) is 23.9 Å². The van der Waals surface area contributed by atoms with E-state index in [-0.39, 0.29) is 0 Å². The van der Waals surface area contributed by atoms with Crippen molar-refractivity contribution in [2.45, 2.75) is 43.9 Å². The Balaban J connectivity index is 2.84. The molecule has 1 fully saturated rings. The van der Waals surface area contributed by atoms with Gasteiger partial charge in [-0.05, 0) is 13.8 Å². The molecule has 0 aromatic heterocycles. The Morgan fingerprint density at radius 2 is 2.08 bits per heavy atom. The van der Waals surface area contributed by atoms with E-state index in [0.29, 0.717) is 6.29 Å². The first kappa shape index (κ1) is 10.6. The first-order valence-corrected chi connectivity index (χ1v) is 4.10. The van der Waals surface area contributed by atoms with E-state index in [0.717, 1.165) is 0 Å². The maximum absolute atomic E-state index is 10.6. The summed E-state index contributed by atoms with van der Waals surface area (Å²) in [5.74, 6) is 0. The lowest BCUT2D eigenvalue weighted by molar-refractivity contribution is -0.139. The molecular formula is C8H14O5. The molecule has 1 aliphatic heterocycles. The smallest absolute Gasteiger partial charge is 0.154 e. The van der Waals surface area contributed by atoms with Crippen LogP contribution in [0.5, 0.6) is 0 Å². The van der Waals surface area contributed by atoms with Gasteiger partial charge in [-0.15, -0.1) is 0 Å². The normalized spacial score (nSPS) is 47.6. The minimum Gasteiger partial charge on any atom is -0.391 e. The zero-order chi connectivity index (χ0) is 10.2. The van der Waals surface area contributed by atoms with E-state index in [1.165, 1.54) is 13.8 Å². The van der Waals surface area contributed by atoms with Crippen molar-refractivity contribution in [3.8, 4) is 0 Å². The number of hydrogen-bond acceptors (Lipinski definition) is 5. The van der Waals surface area contributed by atoms with Crippen LogP contribution in [0.25, 0.3) is 0 Å². The van der Waals surface area contributed by atoms with Gasteiger partial charge in [0.15, 0.2) is 6.29 Å². The SMILES string of the molecule is C[C@H](O)[C@@H]1O[C@](C)(C=O)C(O)C1O. The van der Waals surface area contributed by atoms with Gasteiger partial charge in [-0.2, -0.15) is 0 Å². The van der Waals surface area contributed by atoms with E-state index in [4.69, 9.17) is 9.84 Å². The minimum absolute atomic E-state index is 0.434. The molecule has 0 aromatic rings. The number of aliphatic hydroxyl groups excluding tert-OH is 3. The second kappa shape index (κ2) is 3.34. The Bertz CT molecular complexity index is 205. The number of aldehydes is 1. The predicted molar refractivity (Wildman–Crippen MR) is 43.0 cm³/mol. The quantitative estimate of drug-likeness (QED) is 0.459. The lowest BCUT2D eigenvalue weighted by Gasteiger charge is -2.20. The van der Waals surface area contributed by atoms with Gasteiger partial charge in [-0.25, -0.2) is 0 Å². The van der Waals surface area contributed by atoms with Crippen molar-refractivity contribution < 1.29 is 24.9 Å². The van der Waals surface area contributed by atoms with Gasteiger partial charge in [0.25, 0.3) is 0 Å². The van der Waals surface area contributed by atoms with Crippen molar-refractivity contribution in [3.05, 3.63) is 0 Å². The molecule has 1 rings (SSSR count). The summed E-state index contributed by atoms with van der Waals surface area (Å²) in [6, 6.07) is 0. The van der Waals surface area contributed by atoms with Crippen molar-refractivity contribution >= 4 is 6.29 Å². The van der Waals surface area contributed by atoms with E-state index < -0.39 is 30.0 Å². The van der Waals surface area contributed by atoms with Crippen molar-refractivity contribution in [1.29, 1.82) is 0 Å². The highest BCUT2D eigenvalue weighted by atomic mass is 16.6. The summed E-state index contributed by atoms with van der Waals surface area (Å²) in [5, 5.41) is 28.0. The summed E-state index contributed by atoms with van der Waals surface area (Å²) in [7, 11) is 0. The Kier molecular flexibility index (Phi) is 2.72. The molecule has 0 aliphatic carbocycles. The number of rotatable bonds is 2. The van der Waals surface area contributed by atoms with Crippen LogP contribution in [0.4, 0.5) is 0 Å². The third-order valence-electron chi connectivity index (χ3n) is 2.35. The summed E-state index contributed by atoms with van der Waals surface area (Å²) < 4.78 is 5.07. The van der Waals surface area contributed by atoms with Crippen LogP contribution in [0.15, 0.2) is 0 Å². The van der Waals surface area contributed by atoms with Gasteiger partial charge in [0.2, 0.25) is 0 Å². The zero-order valence-electron chi connectivity index (χ0n) is 7.54. The van der Waals surface area contributed by atoms with E-state index in [2.05, 4.69) is 0 Å². The van der Waals surface area contributed by atoms with Gasteiger partial charge in [0.05, 0.1) is 6.10 Å². The van der Waals surface area contributed by atoms with Crippen LogP contribution in [0.1, 0.15) is 13.8 Å². The number of carbonyl (C=O) groups is 1. The van der Waals surface area contributed by atoms with Crippen LogP contribution in [-0.4, -0.2) is 51.6 Å². The van der Waals surface area contributed by atoms with Crippen LogP contribution < -0.4 is 0 Å². The summed E-state index contributed by atoms with van der Waals surface area (Å²) in [4.78, 5) is 10.6. The molecule has 1 aliphatic rings. The molecule has 3 N–H and O–H groups in total. The molecule has 1 saturated heterocycles. The van der Waals surface area contributed by atoms with Crippen molar-refractivity contribution in [1.82, 2.24) is 0 Å². The predicted octanol–water partition coefficient (Wildman–Crippen LogP) is -1.55. The molecule has 0 spiro atoms. The topological polar surface area (TPSA) is 87.0 Å². The molecule has 0 aromatic carbocycles. The van der Waals surface area contributed by atoms with E-state index in [1.54, 1.807) is 0 Å². The van der Waals surface area contributed by atoms with Crippen molar-refractivity contribution in [2.24, 2.45) is 0 Å². The van der Waals surface area contributed by atoms with Crippen LogP contribution in [0.2, 0.25) is 0 Å². The Morgan fingerprint density at radius 3 is 2.31 bits per heavy atom. The molecule has 0 saturated carbocycles. The third-order valence-corrected chi connectivity index (χ3v) is 2.35. The number of aliphatic hydroxyl groups is 3. The Hall–Kier alpha value is -0.490. The van der Waals surface area contributed by atoms with Crippen molar-refractivity contribution in [3.63, 3.8) is 0 Å². The highest BCUT2D eigenvalue weighted by molar-refractivity contribution is 5.64. The lowest BCUT2D eigenvalue weighted by atomic mass is 9.97. The maximum atomic E-state index is 10.6. The van der Waals surface area contributed by atoms with Crippen LogP contribution in [-0.2, 0) is 9.53 Å². The molecule has 76 valence electrons. The fourth-order valence-corrected chi connectivity index (χ4v) is 1.43. The molecule has 1 heterocycles. The molecule has 5 atom stereocenters.